The molecule has 30 heavy (non-hydrogen) atoms. The first-order chi connectivity index (χ1) is 14.3. The van der Waals surface area contributed by atoms with E-state index in [-0.39, 0.29) is 11.2 Å². The molecule has 0 fully saturated rings. The number of benzene rings is 1. The highest BCUT2D eigenvalue weighted by Gasteiger charge is 2.26. The van der Waals surface area contributed by atoms with Crippen molar-refractivity contribution in [3.63, 3.8) is 0 Å². The second-order valence-electron chi connectivity index (χ2n) is 6.97. The summed E-state index contributed by atoms with van der Waals surface area (Å²) in [5, 5.41) is 0. The molecule has 1 atom stereocenters. The molecule has 156 valence electrons. The van der Waals surface area contributed by atoms with E-state index >= 15 is 0 Å². The van der Waals surface area contributed by atoms with Gasteiger partial charge in [-0.1, -0.05) is 0 Å². The Hall–Kier alpha value is -3.82. The maximum absolute atomic E-state index is 13.2. The summed E-state index contributed by atoms with van der Waals surface area (Å²) in [6.07, 6.45) is 1.77. The zero-order chi connectivity index (χ0) is 21.7. The minimum atomic E-state index is -1.07. The predicted molar refractivity (Wildman–Crippen MR) is 110 cm³/mol. The zero-order valence-corrected chi connectivity index (χ0v) is 17.2. The second-order valence-corrected chi connectivity index (χ2v) is 6.97. The van der Waals surface area contributed by atoms with Gasteiger partial charge >= 0.3 is 11.7 Å². The number of carbonyl (C=O) groups excluding carboxylic acids is 1. The van der Waals surface area contributed by atoms with E-state index in [4.69, 9.17) is 9.47 Å². The number of fused-ring (bicyclic) bond motifs is 3. The maximum atomic E-state index is 13.2. The van der Waals surface area contributed by atoms with Gasteiger partial charge in [0, 0.05) is 24.6 Å². The van der Waals surface area contributed by atoms with Crippen molar-refractivity contribution in [2.75, 3.05) is 14.2 Å². The van der Waals surface area contributed by atoms with Crippen LogP contribution in [-0.4, -0.2) is 43.3 Å². The van der Waals surface area contributed by atoms with Crippen LogP contribution in [-0.2, 0) is 16.6 Å². The van der Waals surface area contributed by atoms with Crippen LogP contribution in [0.2, 0.25) is 0 Å². The number of hydrogen-bond donors (Lipinski definition) is 0. The molecular weight excluding hydrogens is 390 g/mol. The molecule has 10 heteroatoms. The zero-order valence-electron chi connectivity index (χ0n) is 17.2. The lowest BCUT2D eigenvalue weighted by Gasteiger charge is -2.13. The smallest absolute Gasteiger partial charge is 0.333 e. The van der Waals surface area contributed by atoms with Crippen molar-refractivity contribution in [2.24, 2.45) is 7.05 Å². The Labute approximate surface area is 170 Å². The van der Waals surface area contributed by atoms with Gasteiger partial charge in [0.25, 0.3) is 5.56 Å². The van der Waals surface area contributed by atoms with E-state index in [1.54, 1.807) is 17.7 Å². The van der Waals surface area contributed by atoms with Crippen LogP contribution in [0.5, 0.6) is 5.75 Å². The molecule has 0 radical (unpaired) electrons. The Balaban J connectivity index is 2.06. The first kappa shape index (κ1) is 19.5. The molecule has 3 aromatic heterocycles. The third-order valence-electron chi connectivity index (χ3n) is 5.24. The Morgan fingerprint density at radius 1 is 1.13 bits per heavy atom. The fraction of sp³-hybridized carbons (Fsp3) is 0.300. The largest absolute Gasteiger partial charge is 0.497 e. The highest BCUT2D eigenvalue weighted by atomic mass is 16.5. The van der Waals surface area contributed by atoms with Crippen LogP contribution in [0.4, 0.5) is 0 Å². The van der Waals surface area contributed by atoms with E-state index in [0.717, 1.165) is 21.7 Å². The Morgan fingerprint density at radius 3 is 2.40 bits per heavy atom. The number of esters is 1. The van der Waals surface area contributed by atoms with Crippen LogP contribution in [0.15, 0.2) is 40.1 Å². The highest BCUT2D eigenvalue weighted by Crippen LogP contribution is 2.23. The molecule has 3 heterocycles. The molecule has 0 aliphatic heterocycles. The number of hydrogen-bond acceptors (Lipinski definition) is 6. The molecule has 0 saturated carbocycles. The van der Waals surface area contributed by atoms with Crippen LogP contribution in [0.1, 0.15) is 18.7 Å². The lowest BCUT2D eigenvalue weighted by atomic mass is 10.3. The molecule has 4 rings (SSSR count). The molecule has 0 spiro atoms. The summed E-state index contributed by atoms with van der Waals surface area (Å²) in [4.78, 5) is 42.6. The number of imidazole rings is 2. The molecule has 0 unspecified atom stereocenters. The van der Waals surface area contributed by atoms with E-state index in [0.29, 0.717) is 5.78 Å². The summed E-state index contributed by atoms with van der Waals surface area (Å²) in [5.74, 6) is 0.514. The number of aryl methyl sites for hydroxylation is 2. The minimum absolute atomic E-state index is 0.207. The molecule has 0 bridgehead atoms. The van der Waals surface area contributed by atoms with Crippen LogP contribution in [0.3, 0.4) is 0 Å². The fourth-order valence-corrected chi connectivity index (χ4v) is 3.65. The van der Waals surface area contributed by atoms with E-state index in [1.807, 2.05) is 35.8 Å². The van der Waals surface area contributed by atoms with E-state index in [1.165, 1.54) is 25.6 Å². The maximum Gasteiger partial charge on any atom is 0.333 e. The Kier molecular flexibility index (Phi) is 4.49. The topological polar surface area (TPSA) is 102 Å². The van der Waals surface area contributed by atoms with Crippen molar-refractivity contribution in [3.8, 4) is 11.4 Å². The number of nitrogens with zero attached hydrogens (tertiary/aromatic N) is 5. The standard InChI is InChI=1S/C20H21N5O5/c1-11-10-23-15-16(21-19(23)24(11)13-6-8-14(29-4)9-7-13)22(3)20(28)25(17(15)26)12(2)18(27)30-5/h6-10,12H,1-5H3/t12-/m0/s1. The Bertz CT molecular complexity index is 1400. The number of aromatic nitrogens is 5. The summed E-state index contributed by atoms with van der Waals surface area (Å²) in [5.41, 5.74) is 0.857. The van der Waals surface area contributed by atoms with Crippen molar-refractivity contribution in [3.05, 3.63) is 57.0 Å². The predicted octanol–water partition coefficient (Wildman–Crippen LogP) is 1.19. The molecule has 4 aromatic rings. The number of methoxy groups -OCH3 is 2. The van der Waals surface area contributed by atoms with Gasteiger partial charge in [-0.2, -0.15) is 4.98 Å². The fourth-order valence-electron chi connectivity index (χ4n) is 3.65. The highest BCUT2D eigenvalue weighted by molar-refractivity contribution is 5.78. The molecule has 0 aliphatic rings. The van der Waals surface area contributed by atoms with Crippen LogP contribution in [0.25, 0.3) is 22.6 Å². The summed E-state index contributed by atoms with van der Waals surface area (Å²) < 4.78 is 15.6. The number of rotatable bonds is 4. The van der Waals surface area contributed by atoms with Gasteiger partial charge in [-0.15, -0.1) is 0 Å². The van der Waals surface area contributed by atoms with Crippen LogP contribution < -0.4 is 16.0 Å². The van der Waals surface area contributed by atoms with Crippen molar-refractivity contribution in [1.29, 1.82) is 0 Å². The minimum Gasteiger partial charge on any atom is -0.497 e. The van der Waals surface area contributed by atoms with E-state index in [9.17, 15) is 14.4 Å². The average Bonchev–Trinajstić information content (AvgIpc) is 3.26. The lowest BCUT2D eigenvalue weighted by molar-refractivity contribution is -0.144. The van der Waals surface area contributed by atoms with Gasteiger partial charge in [0.15, 0.2) is 11.2 Å². The van der Waals surface area contributed by atoms with E-state index < -0.39 is 23.3 Å². The Morgan fingerprint density at radius 2 is 1.80 bits per heavy atom. The van der Waals surface area contributed by atoms with Gasteiger partial charge < -0.3 is 9.47 Å². The molecule has 1 aromatic carbocycles. The third-order valence-corrected chi connectivity index (χ3v) is 5.24. The molecule has 0 saturated heterocycles. The van der Waals surface area contributed by atoms with Gasteiger partial charge in [-0.3, -0.25) is 18.3 Å². The van der Waals surface area contributed by atoms with Crippen molar-refractivity contribution in [1.82, 2.24) is 23.1 Å². The summed E-state index contributed by atoms with van der Waals surface area (Å²) >= 11 is 0. The summed E-state index contributed by atoms with van der Waals surface area (Å²) in [6, 6.07) is 6.34. The SMILES string of the molecule is COC(=O)[C@H](C)n1c(=O)c2c(nc3n(-c4ccc(OC)cc4)c(C)cn23)n(C)c1=O. The number of ether oxygens (including phenoxy) is 2. The van der Waals surface area contributed by atoms with E-state index in [2.05, 4.69) is 4.98 Å². The average molecular weight is 411 g/mol. The molecule has 10 nitrogen and oxygen atoms in total. The van der Waals surface area contributed by atoms with Gasteiger partial charge in [-0.05, 0) is 38.1 Å². The quantitative estimate of drug-likeness (QED) is 0.468. The first-order valence-electron chi connectivity index (χ1n) is 9.24. The van der Waals surface area contributed by atoms with Crippen LogP contribution >= 0.6 is 0 Å². The van der Waals surface area contributed by atoms with Gasteiger partial charge in [0.2, 0.25) is 5.78 Å². The molecule has 0 amide bonds. The summed E-state index contributed by atoms with van der Waals surface area (Å²) in [7, 11) is 4.32. The monoisotopic (exact) mass is 411 g/mol. The van der Waals surface area contributed by atoms with Gasteiger partial charge in [-0.25, -0.2) is 14.2 Å². The summed E-state index contributed by atoms with van der Waals surface area (Å²) in [6.45, 7) is 3.34. The van der Waals surface area contributed by atoms with Crippen molar-refractivity contribution in [2.45, 2.75) is 19.9 Å². The lowest BCUT2D eigenvalue weighted by Crippen LogP contribution is -2.43. The first-order valence-corrected chi connectivity index (χ1v) is 9.24. The molecule has 0 aliphatic carbocycles. The van der Waals surface area contributed by atoms with Gasteiger partial charge in [0.1, 0.15) is 11.8 Å². The van der Waals surface area contributed by atoms with Crippen molar-refractivity contribution >= 4 is 22.9 Å². The number of carbonyl (C=O) groups is 1. The molecular formula is C20H21N5O5. The van der Waals surface area contributed by atoms with Crippen molar-refractivity contribution < 1.29 is 14.3 Å². The van der Waals surface area contributed by atoms with Gasteiger partial charge in [0.05, 0.1) is 14.2 Å². The third kappa shape index (κ3) is 2.64. The van der Waals surface area contributed by atoms with Crippen LogP contribution in [0, 0.1) is 6.92 Å². The molecule has 0 N–H and O–H groups in total. The second kappa shape index (κ2) is 6.90. The normalized spacial score (nSPS) is 12.4.